The Morgan fingerprint density at radius 2 is 1.15 bits per heavy atom. The Balaban J connectivity index is 2.19. The fraction of sp³-hybridized carbons (Fsp3) is 0.421. The van der Waals surface area contributed by atoms with Gasteiger partial charge in [-0.3, -0.25) is 0 Å². The molecule has 4 aromatic rings. The number of nitrogens with zero attached hydrogens (tertiary/aromatic N) is 2. The molecule has 0 fully saturated rings. The minimum atomic E-state index is -2.53. The molecular weight excluding hydrogens is 513 g/mol. The Morgan fingerprint density at radius 3 is 1.71 bits per heavy atom. The summed E-state index contributed by atoms with van der Waals surface area (Å²) in [4.78, 5) is 0. The van der Waals surface area contributed by atoms with Crippen molar-refractivity contribution in [3.05, 3.63) is 113 Å². The third kappa shape index (κ3) is 5.58. The first-order valence-electron chi connectivity index (χ1n) is 15.1. The monoisotopic (exact) mass is 564 g/mol. The molecule has 0 aliphatic heterocycles. The zero-order valence-electron chi connectivity index (χ0n) is 27.9. The number of hydrogen-bond acceptors (Lipinski definition) is 0. The van der Waals surface area contributed by atoms with Gasteiger partial charge in [0.25, 0.3) is 0 Å². The second kappa shape index (κ2) is 10.7. The normalized spacial score (nSPS) is 14.2. The molecule has 0 spiro atoms. The molecule has 1 atom stereocenters. The molecule has 0 radical (unpaired) electrons. The molecule has 2 aromatic carbocycles. The first-order valence-corrected chi connectivity index (χ1v) is 17.6. The van der Waals surface area contributed by atoms with Gasteiger partial charge in [-0.1, -0.05) is 95.6 Å². The first-order chi connectivity index (χ1) is 18.9. The second-order valence-electron chi connectivity index (χ2n) is 14.9. The standard InChI is InChI=1S/C38H52N2Si/c1-27-18-14-16-20-31(27)38(9,10)33-24-30(37(6,7)8)26-35(40(33)12)41(13,32-21-17-15-19-28(32)2)34-25-29(36(3,4)5)22-23-39(34)11/h14-26H,1-13H3/q+2. The van der Waals surface area contributed by atoms with Crippen LogP contribution in [0.1, 0.15) is 88.9 Å². The summed E-state index contributed by atoms with van der Waals surface area (Å²) in [5, 5.41) is 4.35. The van der Waals surface area contributed by atoms with Gasteiger partial charge in [0.1, 0.15) is 14.1 Å². The van der Waals surface area contributed by atoms with Crippen LogP contribution >= 0.6 is 0 Å². The summed E-state index contributed by atoms with van der Waals surface area (Å²) in [5.41, 5.74) is 8.12. The van der Waals surface area contributed by atoms with Crippen LogP contribution < -0.4 is 25.0 Å². The highest BCUT2D eigenvalue weighted by molar-refractivity contribution is 7.09. The molecule has 4 rings (SSSR count). The minimum absolute atomic E-state index is 0.00998. The van der Waals surface area contributed by atoms with Crippen LogP contribution in [0.4, 0.5) is 0 Å². The summed E-state index contributed by atoms with van der Waals surface area (Å²) in [6, 6.07) is 27.8. The number of aromatic nitrogens is 2. The molecule has 0 saturated carbocycles. The third-order valence-electron chi connectivity index (χ3n) is 9.36. The second-order valence-corrected chi connectivity index (χ2v) is 18.7. The van der Waals surface area contributed by atoms with Crippen molar-refractivity contribution >= 4 is 23.9 Å². The van der Waals surface area contributed by atoms with E-state index in [4.69, 9.17) is 0 Å². The van der Waals surface area contributed by atoms with Gasteiger partial charge in [-0.25, -0.2) is 9.13 Å². The smallest absolute Gasteiger partial charge is 0.209 e. The summed E-state index contributed by atoms with van der Waals surface area (Å²) in [6.07, 6.45) is 2.28. The topological polar surface area (TPSA) is 7.76 Å². The van der Waals surface area contributed by atoms with Crippen LogP contribution in [0.15, 0.2) is 79.0 Å². The molecule has 0 N–H and O–H groups in total. The maximum absolute atomic E-state index is 2.57. The van der Waals surface area contributed by atoms with Crippen molar-refractivity contribution in [2.75, 3.05) is 0 Å². The molecule has 216 valence electrons. The number of hydrogen-bond donors (Lipinski definition) is 0. The van der Waals surface area contributed by atoms with E-state index < -0.39 is 8.07 Å². The van der Waals surface area contributed by atoms with Crippen LogP contribution in [-0.2, 0) is 30.3 Å². The molecular formula is C38H52N2Si+2. The highest BCUT2D eigenvalue weighted by atomic mass is 28.3. The zero-order chi connectivity index (χ0) is 30.5. The molecule has 0 amide bonds. The highest BCUT2D eigenvalue weighted by Crippen LogP contribution is 2.34. The molecule has 0 aliphatic rings. The Morgan fingerprint density at radius 1 is 0.610 bits per heavy atom. The molecule has 2 heterocycles. The summed E-state index contributed by atoms with van der Waals surface area (Å²) in [7, 11) is 2.02. The maximum Gasteiger partial charge on any atom is 0.304 e. The van der Waals surface area contributed by atoms with Crippen LogP contribution in [0.2, 0.25) is 6.55 Å². The molecule has 0 aliphatic carbocycles. The number of pyridine rings is 2. The van der Waals surface area contributed by atoms with E-state index in [1.807, 2.05) is 0 Å². The van der Waals surface area contributed by atoms with Gasteiger partial charge in [-0.2, -0.15) is 0 Å². The van der Waals surface area contributed by atoms with Crippen LogP contribution in [0.25, 0.3) is 0 Å². The van der Waals surface area contributed by atoms with Crippen LogP contribution in [0.3, 0.4) is 0 Å². The predicted octanol–water partition coefficient (Wildman–Crippen LogP) is 5.97. The molecule has 0 saturated heterocycles. The van der Waals surface area contributed by atoms with Crippen molar-refractivity contribution in [1.82, 2.24) is 0 Å². The molecule has 0 bridgehead atoms. The molecule has 2 nitrogen and oxygen atoms in total. The van der Waals surface area contributed by atoms with Crippen molar-refractivity contribution in [1.29, 1.82) is 0 Å². The maximum atomic E-state index is 2.57. The van der Waals surface area contributed by atoms with E-state index >= 15 is 0 Å². The van der Waals surface area contributed by atoms with Crippen LogP contribution in [0, 0.1) is 13.8 Å². The van der Waals surface area contributed by atoms with Gasteiger partial charge in [0, 0.05) is 24.3 Å². The van der Waals surface area contributed by atoms with Gasteiger partial charge in [-0.05, 0) is 72.5 Å². The average Bonchev–Trinajstić information content (AvgIpc) is 2.87. The van der Waals surface area contributed by atoms with Crippen molar-refractivity contribution in [2.24, 2.45) is 14.1 Å². The van der Waals surface area contributed by atoms with E-state index in [2.05, 4.69) is 178 Å². The van der Waals surface area contributed by atoms with Crippen molar-refractivity contribution < 1.29 is 9.13 Å². The van der Waals surface area contributed by atoms with Gasteiger partial charge in [0.05, 0.1) is 5.41 Å². The van der Waals surface area contributed by atoms with E-state index in [9.17, 15) is 0 Å². The summed E-state index contributed by atoms with van der Waals surface area (Å²) >= 11 is 0. The molecule has 2 aromatic heterocycles. The van der Waals surface area contributed by atoms with Crippen molar-refractivity contribution in [3.63, 3.8) is 0 Å². The lowest BCUT2D eigenvalue weighted by atomic mass is 9.77. The largest absolute Gasteiger partial charge is 0.304 e. The van der Waals surface area contributed by atoms with E-state index in [0.717, 1.165) is 0 Å². The SMILES string of the molecule is Cc1ccccc1C(C)(C)c1cc(C(C)(C)C)cc([Si](C)(c2ccccc2C)c2cc(C(C)(C)C)cc[n+]2C)[n+]1C. The fourth-order valence-corrected chi connectivity index (χ4v) is 11.2. The van der Waals surface area contributed by atoms with Gasteiger partial charge in [0.2, 0.25) is 0 Å². The summed E-state index contributed by atoms with van der Waals surface area (Å²) in [6.45, 7) is 25.9. The lowest BCUT2D eigenvalue weighted by Crippen LogP contribution is -2.80. The number of rotatable bonds is 5. The third-order valence-corrected chi connectivity index (χ3v) is 14.0. The number of benzene rings is 2. The quantitative estimate of drug-likeness (QED) is 0.208. The fourth-order valence-electron chi connectivity index (χ4n) is 6.66. The van der Waals surface area contributed by atoms with Crippen molar-refractivity contribution in [2.45, 2.75) is 92.0 Å². The van der Waals surface area contributed by atoms with Gasteiger partial charge in [-0.15, -0.1) is 0 Å². The Bertz CT molecular complexity index is 1580. The number of aryl methyl sites for hydroxylation is 3. The van der Waals surface area contributed by atoms with E-state index in [1.165, 1.54) is 49.3 Å². The first kappa shape index (κ1) is 30.9. The van der Waals surface area contributed by atoms with E-state index in [1.54, 1.807) is 0 Å². The van der Waals surface area contributed by atoms with E-state index in [-0.39, 0.29) is 16.2 Å². The molecule has 41 heavy (non-hydrogen) atoms. The summed E-state index contributed by atoms with van der Waals surface area (Å²) in [5.74, 6) is 0. The predicted molar refractivity (Wildman–Crippen MR) is 178 cm³/mol. The highest BCUT2D eigenvalue weighted by Gasteiger charge is 2.51. The van der Waals surface area contributed by atoms with Crippen molar-refractivity contribution in [3.8, 4) is 0 Å². The van der Waals surface area contributed by atoms with Crippen LogP contribution in [-0.4, -0.2) is 8.07 Å². The molecule has 3 heteroatoms. The Kier molecular flexibility index (Phi) is 8.03. The van der Waals surface area contributed by atoms with Gasteiger partial charge < -0.3 is 0 Å². The lowest BCUT2D eigenvalue weighted by Gasteiger charge is -2.32. The van der Waals surface area contributed by atoms with Gasteiger partial charge >= 0.3 is 8.07 Å². The Hall–Kier alpha value is -3.04. The van der Waals surface area contributed by atoms with Crippen LogP contribution in [0.5, 0.6) is 0 Å². The Labute approximate surface area is 251 Å². The lowest BCUT2D eigenvalue weighted by molar-refractivity contribution is -0.667. The molecule has 1 unspecified atom stereocenters. The minimum Gasteiger partial charge on any atom is -0.209 e. The van der Waals surface area contributed by atoms with Gasteiger partial charge in [0.15, 0.2) is 22.5 Å². The summed E-state index contributed by atoms with van der Waals surface area (Å²) < 4.78 is 4.95. The van der Waals surface area contributed by atoms with E-state index in [0.29, 0.717) is 0 Å². The zero-order valence-corrected chi connectivity index (χ0v) is 28.9. The average molecular weight is 565 g/mol.